The van der Waals surface area contributed by atoms with Crippen molar-refractivity contribution in [2.24, 2.45) is 0 Å². The van der Waals surface area contributed by atoms with Crippen LogP contribution in [0.3, 0.4) is 0 Å². The highest BCUT2D eigenvalue weighted by molar-refractivity contribution is 7.99. The van der Waals surface area contributed by atoms with Crippen LogP contribution in [-0.4, -0.2) is 29.5 Å². The van der Waals surface area contributed by atoms with E-state index in [0.717, 1.165) is 0 Å². The van der Waals surface area contributed by atoms with Crippen LogP contribution < -0.4 is 5.32 Å². The summed E-state index contributed by atoms with van der Waals surface area (Å²) in [4.78, 5) is 1.24. The molecule has 0 aromatic heterocycles. The maximum atomic E-state index is 9.95. The van der Waals surface area contributed by atoms with Gasteiger partial charge in [-0.1, -0.05) is 50.2 Å². The highest BCUT2D eigenvalue weighted by atomic mass is 32.2. The molecule has 0 aliphatic heterocycles. The van der Waals surface area contributed by atoms with Gasteiger partial charge in [-0.15, -0.1) is 11.8 Å². The lowest BCUT2D eigenvalue weighted by atomic mass is 10.1. The Balaban J connectivity index is 1.98. The Labute approximate surface area is 119 Å². The molecule has 2 aromatic carbocycles. The second kappa shape index (κ2) is 6.94. The predicted octanol–water partition coefficient (Wildman–Crippen LogP) is 3.29. The smallest absolute Gasteiger partial charge is 0.0758 e. The average molecular weight is 275 g/mol. The highest BCUT2D eigenvalue weighted by Crippen LogP contribution is 2.28. The molecule has 1 atom stereocenters. The van der Waals surface area contributed by atoms with E-state index in [2.05, 4.69) is 61.6 Å². The summed E-state index contributed by atoms with van der Waals surface area (Å²) >= 11 is 1.72. The molecule has 2 rings (SSSR count). The SMILES string of the molecule is CC(C)NCC(O)CSc1cccc2ccccc12. The zero-order chi connectivity index (χ0) is 13.7. The van der Waals surface area contributed by atoms with Crippen molar-refractivity contribution in [3.05, 3.63) is 42.5 Å². The van der Waals surface area contributed by atoms with E-state index in [4.69, 9.17) is 0 Å². The van der Waals surface area contributed by atoms with Gasteiger partial charge in [0.25, 0.3) is 0 Å². The predicted molar refractivity (Wildman–Crippen MR) is 83.8 cm³/mol. The van der Waals surface area contributed by atoms with Gasteiger partial charge in [-0.25, -0.2) is 0 Å². The largest absolute Gasteiger partial charge is 0.391 e. The topological polar surface area (TPSA) is 32.3 Å². The van der Waals surface area contributed by atoms with Crippen molar-refractivity contribution in [3.63, 3.8) is 0 Å². The number of thioether (sulfide) groups is 1. The summed E-state index contributed by atoms with van der Waals surface area (Å²) in [5.41, 5.74) is 0. The van der Waals surface area contributed by atoms with Crippen LogP contribution in [0.5, 0.6) is 0 Å². The minimum Gasteiger partial charge on any atom is -0.391 e. The molecule has 0 fully saturated rings. The second-order valence-electron chi connectivity index (χ2n) is 5.01. The molecule has 0 saturated heterocycles. The lowest BCUT2D eigenvalue weighted by molar-refractivity contribution is 0.192. The first kappa shape index (κ1) is 14.4. The van der Waals surface area contributed by atoms with Crippen LogP contribution in [-0.2, 0) is 0 Å². The molecule has 2 N–H and O–H groups in total. The zero-order valence-electron chi connectivity index (χ0n) is 11.5. The molecule has 2 nitrogen and oxygen atoms in total. The first-order chi connectivity index (χ1) is 9.16. The molecule has 3 heteroatoms. The number of rotatable bonds is 6. The van der Waals surface area contributed by atoms with E-state index in [9.17, 15) is 5.11 Å². The summed E-state index contributed by atoms with van der Waals surface area (Å²) in [6.07, 6.45) is -0.314. The third-order valence-corrected chi connectivity index (χ3v) is 4.16. The molecule has 1 unspecified atom stereocenters. The standard InChI is InChI=1S/C16H21NOS/c1-12(2)17-10-14(18)11-19-16-9-5-7-13-6-3-4-8-15(13)16/h3-9,12,14,17-18H,10-11H2,1-2H3. The van der Waals surface area contributed by atoms with Gasteiger partial charge in [0.2, 0.25) is 0 Å². The molecule has 102 valence electrons. The zero-order valence-corrected chi connectivity index (χ0v) is 12.3. The van der Waals surface area contributed by atoms with E-state index in [1.54, 1.807) is 11.8 Å². The van der Waals surface area contributed by atoms with Crippen LogP contribution in [0.4, 0.5) is 0 Å². The van der Waals surface area contributed by atoms with E-state index in [0.29, 0.717) is 18.3 Å². The Morgan fingerprint density at radius 2 is 1.84 bits per heavy atom. The minimum atomic E-state index is -0.314. The van der Waals surface area contributed by atoms with Gasteiger partial charge in [0, 0.05) is 23.2 Å². The molecule has 0 saturated carbocycles. The number of fused-ring (bicyclic) bond motifs is 1. The van der Waals surface area contributed by atoms with Crippen molar-refractivity contribution < 1.29 is 5.11 Å². The monoisotopic (exact) mass is 275 g/mol. The first-order valence-electron chi connectivity index (χ1n) is 6.69. The van der Waals surface area contributed by atoms with Crippen LogP contribution in [0.25, 0.3) is 10.8 Å². The van der Waals surface area contributed by atoms with Crippen molar-refractivity contribution in [3.8, 4) is 0 Å². The van der Waals surface area contributed by atoms with Gasteiger partial charge in [-0.2, -0.15) is 0 Å². The van der Waals surface area contributed by atoms with Crippen molar-refractivity contribution in [1.82, 2.24) is 5.32 Å². The molecular weight excluding hydrogens is 254 g/mol. The second-order valence-corrected chi connectivity index (χ2v) is 6.07. The van der Waals surface area contributed by atoms with E-state index in [1.165, 1.54) is 15.7 Å². The summed E-state index contributed by atoms with van der Waals surface area (Å²) in [5, 5.41) is 15.7. The van der Waals surface area contributed by atoms with Crippen LogP contribution in [0.1, 0.15) is 13.8 Å². The quantitative estimate of drug-likeness (QED) is 0.794. The van der Waals surface area contributed by atoms with Gasteiger partial charge in [-0.3, -0.25) is 0 Å². The van der Waals surface area contributed by atoms with Gasteiger partial charge in [-0.05, 0) is 16.8 Å². The Bertz CT molecular complexity index is 522. The number of aliphatic hydroxyl groups is 1. The van der Waals surface area contributed by atoms with Crippen molar-refractivity contribution in [2.75, 3.05) is 12.3 Å². The van der Waals surface area contributed by atoms with Gasteiger partial charge >= 0.3 is 0 Å². The molecule has 0 amide bonds. The third-order valence-electron chi connectivity index (χ3n) is 2.94. The minimum absolute atomic E-state index is 0.314. The fraction of sp³-hybridized carbons (Fsp3) is 0.375. The average Bonchev–Trinajstić information content (AvgIpc) is 2.42. The van der Waals surface area contributed by atoms with Gasteiger partial charge < -0.3 is 10.4 Å². The summed E-state index contributed by atoms with van der Waals surface area (Å²) in [6, 6.07) is 15.1. The fourth-order valence-electron chi connectivity index (χ4n) is 1.94. The van der Waals surface area contributed by atoms with Gasteiger partial charge in [0.05, 0.1) is 6.10 Å². The number of aliphatic hydroxyl groups excluding tert-OH is 1. The Kier molecular flexibility index (Phi) is 5.25. The van der Waals surface area contributed by atoms with Crippen LogP contribution in [0, 0.1) is 0 Å². The first-order valence-corrected chi connectivity index (χ1v) is 7.67. The Hall–Kier alpha value is -1.03. The molecular formula is C16H21NOS. The molecule has 0 spiro atoms. The maximum Gasteiger partial charge on any atom is 0.0758 e. The fourth-order valence-corrected chi connectivity index (χ4v) is 2.94. The number of hydrogen-bond acceptors (Lipinski definition) is 3. The normalized spacial score (nSPS) is 13.1. The molecule has 0 aliphatic rings. The number of hydrogen-bond donors (Lipinski definition) is 2. The summed E-state index contributed by atoms with van der Waals surface area (Å²) in [7, 11) is 0. The lowest BCUT2D eigenvalue weighted by Crippen LogP contribution is -2.33. The Morgan fingerprint density at radius 3 is 2.63 bits per heavy atom. The van der Waals surface area contributed by atoms with Gasteiger partial charge in [0.15, 0.2) is 0 Å². The summed E-state index contributed by atoms with van der Waals surface area (Å²) in [5.74, 6) is 0.716. The molecule has 0 bridgehead atoms. The third kappa shape index (κ3) is 4.23. The van der Waals surface area contributed by atoms with E-state index >= 15 is 0 Å². The Morgan fingerprint density at radius 1 is 1.11 bits per heavy atom. The molecule has 0 radical (unpaired) electrons. The van der Waals surface area contributed by atoms with E-state index < -0.39 is 0 Å². The number of benzene rings is 2. The van der Waals surface area contributed by atoms with E-state index in [-0.39, 0.29) is 6.10 Å². The van der Waals surface area contributed by atoms with Crippen LogP contribution in [0.15, 0.2) is 47.4 Å². The lowest BCUT2D eigenvalue weighted by Gasteiger charge is -2.14. The summed E-state index contributed by atoms with van der Waals surface area (Å²) < 4.78 is 0. The van der Waals surface area contributed by atoms with Gasteiger partial charge in [0.1, 0.15) is 0 Å². The van der Waals surface area contributed by atoms with Crippen molar-refractivity contribution in [1.29, 1.82) is 0 Å². The van der Waals surface area contributed by atoms with Crippen molar-refractivity contribution in [2.45, 2.75) is 30.9 Å². The maximum absolute atomic E-state index is 9.95. The molecule has 19 heavy (non-hydrogen) atoms. The highest BCUT2D eigenvalue weighted by Gasteiger charge is 2.07. The van der Waals surface area contributed by atoms with Crippen LogP contribution in [0.2, 0.25) is 0 Å². The van der Waals surface area contributed by atoms with Crippen LogP contribution >= 0.6 is 11.8 Å². The van der Waals surface area contributed by atoms with Crippen molar-refractivity contribution >= 4 is 22.5 Å². The molecule has 0 heterocycles. The molecule has 2 aromatic rings. The molecule has 0 aliphatic carbocycles. The summed E-state index contributed by atoms with van der Waals surface area (Å²) in [6.45, 7) is 4.82. The van der Waals surface area contributed by atoms with E-state index in [1.807, 2.05) is 0 Å². The number of nitrogens with one attached hydrogen (secondary N) is 1.